The van der Waals surface area contributed by atoms with E-state index >= 15 is 0 Å². The van der Waals surface area contributed by atoms with Crippen molar-refractivity contribution in [2.24, 2.45) is 0 Å². The van der Waals surface area contributed by atoms with Crippen LogP contribution in [0.5, 0.6) is 5.75 Å². The molecule has 0 aliphatic heterocycles. The molecule has 0 saturated carbocycles. The van der Waals surface area contributed by atoms with Crippen LogP contribution in [0.4, 0.5) is 17.6 Å². The second kappa shape index (κ2) is 4.08. The van der Waals surface area contributed by atoms with Crippen LogP contribution in [0.3, 0.4) is 0 Å². The quantitative estimate of drug-likeness (QED) is 0.760. The van der Waals surface area contributed by atoms with Crippen LogP contribution in [0, 0.1) is 12.3 Å². The molecule has 1 aromatic heterocycles. The summed E-state index contributed by atoms with van der Waals surface area (Å²) in [6.45, 7) is 0. The molecule has 0 spiro atoms. The van der Waals surface area contributed by atoms with Gasteiger partial charge in [-0.15, -0.1) is 13.2 Å². The highest BCUT2D eigenvalue weighted by Crippen LogP contribution is 2.23. The first-order valence-electron chi connectivity index (χ1n) is 4.43. The standard InChI is InChI=1S/C10H5F4N2O/c11-9-15-5-6-16(9)7-1-3-8(4-2-7)17-10(12,13)14/h1-4,6H. The Morgan fingerprint density at radius 3 is 2.29 bits per heavy atom. The summed E-state index contributed by atoms with van der Waals surface area (Å²) in [6, 6.07) is 4.73. The van der Waals surface area contributed by atoms with Crippen molar-refractivity contribution in [1.82, 2.24) is 9.55 Å². The van der Waals surface area contributed by atoms with Gasteiger partial charge < -0.3 is 4.74 Å². The van der Waals surface area contributed by atoms with Gasteiger partial charge in [-0.05, 0) is 24.3 Å². The number of imidazole rings is 1. The van der Waals surface area contributed by atoms with Gasteiger partial charge in [0.05, 0.1) is 0 Å². The third-order valence-corrected chi connectivity index (χ3v) is 1.89. The van der Waals surface area contributed by atoms with E-state index in [1.807, 2.05) is 0 Å². The average Bonchev–Trinajstić information content (AvgIpc) is 2.63. The Balaban J connectivity index is 2.22. The molecule has 0 saturated heterocycles. The first-order valence-corrected chi connectivity index (χ1v) is 4.43. The Bertz CT molecular complexity index is 504. The van der Waals surface area contributed by atoms with Crippen LogP contribution >= 0.6 is 0 Å². The van der Waals surface area contributed by atoms with E-state index < -0.39 is 12.4 Å². The molecule has 1 heterocycles. The van der Waals surface area contributed by atoms with Crippen LogP contribution in [-0.4, -0.2) is 15.9 Å². The number of ether oxygens (including phenoxy) is 1. The van der Waals surface area contributed by atoms with Gasteiger partial charge in [-0.2, -0.15) is 4.39 Å². The van der Waals surface area contributed by atoms with Crippen LogP contribution in [0.25, 0.3) is 5.69 Å². The van der Waals surface area contributed by atoms with Gasteiger partial charge in [-0.25, -0.2) is 4.98 Å². The molecule has 0 aliphatic rings. The van der Waals surface area contributed by atoms with Crippen molar-refractivity contribution in [1.29, 1.82) is 0 Å². The van der Waals surface area contributed by atoms with Gasteiger partial charge in [0.15, 0.2) is 0 Å². The summed E-state index contributed by atoms with van der Waals surface area (Å²) >= 11 is 0. The third-order valence-electron chi connectivity index (χ3n) is 1.89. The van der Waals surface area contributed by atoms with E-state index in [0.717, 1.165) is 16.7 Å². The van der Waals surface area contributed by atoms with Gasteiger partial charge in [0.25, 0.3) is 6.08 Å². The van der Waals surface area contributed by atoms with Crippen molar-refractivity contribution in [3.8, 4) is 11.4 Å². The molecule has 3 nitrogen and oxygen atoms in total. The van der Waals surface area contributed by atoms with Gasteiger partial charge in [0.2, 0.25) is 0 Å². The summed E-state index contributed by atoms with van der Waals surface area (Å²) < 4.78 is 53.4. The van der Waals surface area contributed by atoms with Gasteiger partial charge >= 0.3 is 6.36 Å². The van der Waals surface area contributed by atoms with E-state index in [9.17, 15) is 17.6 Å². The smallest absolute Gasteiger partial charge is 0.406 e. The van der Waals surface area contributed by atoms with Crippen molar-refractivity contribution >= 4 is 0 Å². The first kappa shape index (κ1) is 11.4. The van der Waals surface area contributed by atoms with Crippen LogP contribution < -0.4 is 4.74 Å². The molecule has 1 aromatic carbocycles. The van der Waals surface area contributed by atoms with Gasteiger partial charge in [-0.1, -0.05) is 0 Å². The molecule has 17 heavy (non-hydrogen) atoms. The first-order chi connectivity index (χ1) is 7.96. The molecule has 0 fully saturated rings. The number of hydrogen-bond acceptors (Lipinski definition) is 2. The lowest BCUT2D eigenvalue weighted by molar-refractivity contribution is -0.274. The van der Waals surface area contributed by atoms with Crippen molar-refractivity contribution in [3.63, 3.8) is 0 Å². The van der Waals surface area contributed by atoms with Crippen LogP contribution in [0.1, 0.15) is 0 Å². The summed E-state index contributed by atoms with van der Waals surface area (Å²) in [5, 5.41) is 0. The third kappa shape index (κ3) is 2.74. The van der Waals surface area contributed by atoms with Gasteiger partial charge in [0.1, 0.15) is 11.9 Å². The molecular formula is C10H5F4N2O. The van der Waals surface area contributed by atoms with E-state index in [1.165, 1.54) is 18.3 Å². The Hall–Kier alpha value is -2.05. The summed E-state index contributed by atoms with van der Waals surface area (Å²) in [4.78, 5) is 3.23. The zero-order valence-corrected chi connectivity index (χ0v) is 8.20. The largest absolute Gasteiger partial charge is 0.573 e. The zero-order chi connectivity index (χ0) is 12.5. The van der Waals surface area contributed by atoms with Crippen LogP contribution in [-0.2, 0) is 0 Å². The summed E-state index contributed by atoms with van der Waals surface area (Å²) in [6.07, 6.45) is -2.03. The molecule has 0 N–H and O–H groups in total. The van der Waals surface area contributed by atoms with Crippen LogP contribution in [0.15, 0.2) is 30.5 Å². The maximum Gasteiger partial charge on any atom is 0.573 e. The van der Waals surface area contributed by atoms with Crippen molar-refractivity contribution < 1.29 is 22.3 Å². The fourth-order valence-electron chi connectivity index (χ4n) is 1.24. The topological polar surface area (TPSA) is 27.1 Å². The predicted molar refractivity (Wildman–Crippen MR) is 49.0 cm³/mol. The lowest BCUT2D eigenvalue weighted by Gasteiger charge is -2.09. The minimum Gasteiger partial charge on any atom is -0.406 e. The maximum atomic E-state index is 13.0. The Morgan fingerprint density at radius 1 is 1.18 bits per heavy atom. The second-order valence-electron chi connectivity index (χ2n) is 3.05. The molecule has 0 unspecified atom stereocenters. The Kier molecular flexibility index (Phi) is 2.74. The summed E-state index contributed by atoms with van der Waals surface area (Å²) in [5.41, 5.74) is 0.325. The molecule has 7 heteroatoms. The lowest BCUT2D eigenvalue weighted by atomic mass is 10.3. The maximum absolute atomic E-state index is 13.0. The molecular weight excluding hydrogens is 240 g/mol. The normalized spacial score (nSPS) is 11.5. The van der Waals surface area contributed by atoms with E-state index in [4.69, 9.17) is 0 Å². The molecule has 0 aliphatic carbocycles. The molecule has 0 bridgehead atoms. The highest BCUT2D eigenvalue weighted by molar-refractivity contribution is 5.37. The predicted octanol–water partition coefficient (Wildman–Crippen LogP) is 2.71. The molecule has 2 rings (SSSR count). The number of rotatable bonds is 2. The SMILES string of the molecule is Fc1n[c]cn1-c1ccc(OC(F)(F)F)cc1. The number of benzene rings is 1. The average molecular weight is 245 g/mol. The minimum atomic E-state index is -4.74. The number of aromatic nitrogens is 2. The highest BCUT2D eigenvalue weighted by Gasteiger charge is 2.30. The summed E-state index contributed by atoms with van der Waals surface area (Å²) in [7, 11) is 0. The van der Waals surface area contributed by atoms with Crippen molar-refractivity contribution in [3.05, 3.63) is 42.7 Å². The monoisotopic (exact) mass is 245 g/mol. The minimum absolute atomic E-state index is 0.325. The molecule has 1 radical (unpaired) electrons. The molecule has 89 valence electrons. The number of hydrogen-bond donors (Lipinski definition) is 0. The fourth-order valence-corrected chi connectivity index (χ4v) is 1.24. The fraction of sp³-hybridized carbons (Fsp3) is 0.100. The summed E-state index contributed by atoms with van der Waals surface area (Å²) in [5.74, 6) is -0.370. The van der Waals surface area contributed by atoms with E-state index in [2.05, 4.69) is 15.9 Å². The molecule has 2 aromatic rings. The van der Waals surface area contributed by atoms with E-state index in [-0.39, 0.29) is 5.75 Å². The Morgan fingerprint density at radius 2 is 1.82 bits per heavy atom. The molecule has 0 amide bonds. The van der Waals surface area contributed by atoms with Crippen molar-refractivity contribution in [2.45, 2.75) is 6.36 Å². The number of alkyl halides is 3. The van der Waals surface area contributed by atoms with Gasteiger partial charge in [0, 0.05) is 11.9 Å². The lowest BCUT2D eigenvalue weighted by Crippen LogP contribution is -2.17. The van der Waals surface area contributed by atoms with E-state index in [0.29, 0.717) is 5.69 Å². The number of halogens is 4. The van der Waals surface area contributed by atoms with Crippen molar-refractivity contribution in [2.75, 3.05) is 0 Å². The highest BCUT2D eigenvalue weighted by atomic mass is 19.4. The number of nitrogens with zero attached hydrogens (tertiary/aromatic N) is 2. The van der Waals surface area contributed by atoms with Gasteiger partial charge in [-0.3, -0.25) is 4.57 Å². The van der Waals surface area contributed by atoms with Crippen LogP contribution in [0.2, 0.25) is 0 Å². The Labute approximate surface area is 93.3 Å². The van der Waals surface area contributed by atoms with E-state index in [1.54, 1.807) is 0 Å². The molecule has 0 atom stereocenters. The zero-order valence-electron chi connectivity index (χ0n) is 8.20. The second-order valence-corrected chi connectivity index (χ2v) is 3.05.